The molecule has 3 aliphatic rings. The molecule has 3 fully saturated rings. The van der Waals surface area contributed by atoms with Gasteiger partial charge in [0.25, 0.3) is 0 Å². The average Bonchev–Trinajstić information content (AvgIpc) is 3.38. The predicted octanol–water partition coefficient (Wildman–Crippen LogP) is 2.28. The van der Waals surface area contributed by atoms with Gasteiger partial charge in [-0.15, -0.1) is 0 Å². The van der Waals surface area contributed by atoms with E-state index in [0.717, 1.165) is 45.2 Å². The van der Waals surface area contributed by atoms with Crippen molar-refractivity contribution < 1.29 is 9.59 Å². The van der Waals surface area contributed by atoms with Crippen LogP contribution in [0.15, 0.2) is 29.3 Å². The summed E-state index contributed by atoms with van der Waals surface area (Å²) in [6.45, 7) is 3.34. The second-order valence-corrected chi connectivity index (χ2v) is 9.16. The highest BCUT2D eigenvalue weighted by atomic mass is 16.2. The minimum absolute atomic E-state index is 0.0419. The predicted molar refractivity (Wildman–Crippen MR) is 119 cm³/mol. The number of likely N-dealkylation sites (tertiary alicyclic amines) is 1. The fourth-order valence-corrected chi connectivity index (χ4v) is 5.45. The van der Waals surface area contributed by atoms with Gasteiger partial charge in [-0.25, -0.2) is 0 Å². The summed E-state index contributed by atoms with van der Waals surface area (Å²) in [5.41, 5.74) is 2.55. The summed E-state index contributed by atoms with van der Waals surface area (Å²) in [6.07, 6.45) is 8.14. The van der Waals surface area contributed by atoms with Crippen molar-refractivity contribution in [1.82, 2.24) is 15.5 Å². The highest BCUT2D eigenvalue weighted by Crippen LogP contribution is 2.35. The maximum atomic E-state index is 12.8. The van der Waals surface area contributed by atoms with Crippen LogP contribution in [0.3, 0.4) is 0 Å². The summed E-state index contributed by atoms with van der Waals surface area (Å²) in [7, 11) is 1.76. The second kappa shape index (κ2) is 9.29. The molecule has 1 aromatic rings. The van der Waals surface area contributed by atoms with E-state index in [1.165, 1.54) is 17.5 Å². The Labute approximate surface area is 179 Å². The largest absolute Gasteiger partial charge is 0.347 e. The molecule has 162 valence electrons. The molecule has 0 aromatic heterocycles. The van der Waals surface area contributed by atoms with Crippen molar-refractivity contribution in [2.45, 2.75) is 69.5 Å². The van der Waals surface area contributed by atoms with Crippen LogP contribution >= 0.6 is 0 Å². The monoisotopic (exact) mass is 410 g/mol. The molecule has 2 amide bonds. The van der Waals surface area contributed by atoms with Crippen molar-refractivity contribution >= 4 is 18.0 Å². The average molecular weight is 411 g/mol. The van der Waals surface area contributed by atoms with E-state index in [2.05, 4.69) is 39.9 Å². The molecule has 1 aromatic carbocycles. The number of carbonyl (C=O) groups is 2. The standard InChI is InChI=1S/C24H34N4O2/c1-16(29)28-11-9-19(10-12-28)18-5-3-17(4-6-18)13-22(15-25-2)27-24(30)23-20-7-8-21(14-20)26-23/h3-6,15,19-23,26H,7-14H2,1-2H3,(H,27,30)/b25-15+/t20-,21+,22-,23-/m0/s1. The third-order valence-electron chi connectivity index (χ3n) is 7.15. The third kappa shape index (κ3) is 4.75. The van der Waals surface area contributed by atoms with E-state index >= 15 is 0 Å². The molecule has 2 bridgehead atoms. The van der Waals surface area contributed by atoms with Gasteiger partial charge in [-0.05, 0) is 61.5 Å². The zero-order chi connectivity index (χ0) is 21.1. The van der Waals surface area contributed by atoms with E-state index < -0.39 is 0 Å². The normalized spacial score (nSPS) is 27.5. The first-order valence-corrected chi connectivity index (χ1v) is 11.4. The topological polar surface area (TPSA) is 73.8 Å². The highest BCUT2D eigenvalue weighted by molar-refractivity contribution is 5.86. The molecular formula is C24H34N4O2. The molecule has 6 nitrogen and oxygen atoms in total. The van der Waals surface area contributed by atoms with E-state index in [1.807, 2.05) is 11.1 Å². The highest BCUT2D eigenvalue weighted by Gasteiger charge is 2.42. The Kier molecular flexibility index (Phi) is 6.52. The van der Waals surface area contributed by atoms with Gasteiger partial charge in [-0.2, -0.15) is 0 Å². The van der Waals surface area contributed by atoms with Crippen LogP contribution in [-0.2, 0) is 16.0 Å². The molecule has 30 heavy (non-hydrogen) atoms. The van der Waals surface area contributed by atoms with Crippen LogP contribution in [0, 0.1) is 5.92 Å². The van der Waals surface area contributed by atoms with Crippen molar-refractivity contribution in [3.63, 3.8) is 0 Å². The number of fused-ring (bicyclic) bond motifs is 2. The summed E-state index contributed by atoms with van der Waals surface area (Å²) in [4.78, 5) is 30.4. The van der Waals surface area contributed by atoms with Gasteiger partial charge < -0.3 is 15.5 Å². The van der Waals surface area contributed by atoms with Crippen molar-refractivity contribution in [3.05, 3.63) is 35.4 Å². The Balaban J connectivity index is 1.32. The molecule has 4 rings (SSSR count). The number of piperidine rings is 2. The van der Waals surface area contributed by atoms with Crippen LogP contribution < -0.4 is 10.6 Å². The number of hydrogen-bond acceptors (Lipinski definition) is 4. The Hall–Kier alpha value is -2.21. The summed E-state index contributed by atoms with van der Waals surface area (Å²) in [6, 6.07) is 9.16. The van der Waals surface area contributed by atoms with Crippen molar-refractivity contribution in [1.29, 1.82) is 0 Å². The SMILES string of the molecule is C/N=C/[C@H](Cc1ccc(C2CCN(C(C)=O)CC2)cc1)NC(=O)[C@H]1N[C@@H]2CC[C@H]1C2. The minimum atomic E-state index is -0.0897. The number of amides is 2. The third-order valence-corrected chi connectivity index (χ3v) is 7.15. The van der Waals surface area contributed by atoms with Gasteiger partial charge in [0.15, 0.2) is 0 Å². The molecule has 0 spiro atoms. The zero-order valence-corrected chi connectivity index (χ0v) is 18.1. The maximum absolute atomic E-state index is 12.8. The van der Waals surface area contributed by atoms with Crippen molar-refractivity contribution in [2.75, 3.05) is 20.1 Å². The zero-order valence-electron chi connectivity index (χ0n) is 18.1. The van der Waals surface area contributed by atoms with E-state index in [-0.39, 0.29) is 23.9 Å². The summed E-state index contributed by atoms with van der Waals surface area (Å²) >= 11 is 0. The van der Waals surface area contributed by atoms with Crippen molar-refractivity contribution in [2.24, 2.45) is 10.9 Å². The molecule has 2 aliphatic heterocycles. The lowest BCUT2D eigenvalue weighted by molar-refractivity contribution is -0.129. The molecular weight excluding hydrogens is 376 g/mol. The molecule has 6 heteroatoms. The number of carbonyl (C=O) groups excluding carboxylic acids is 2. The van der Waals surface area contributed by atoms with Gasteiger partial charge in [-0.3, -0.25) is 14.6 Å². The summed E-state index contributed by atoms with van der Waals surface area (Å²) in [5.74, 6) is 1.30. The van der Waals surface area contributed by atoms with E-state index in [1.54, 1.807) is 14.0 Å². The summed E-state index contributed by atoms with van der Waals surface area (Å²) < 4.78 is 0. The van der Waals surface area contributed by atoms with Crippen LogP contribution in [0.25, 0.3) is 0 Å². The lowest BCUT2D eigenvalue weighted by Crippen LogP contribution is -2.51. The fourth-order valence-electron chi connectivity index (χ4n) is 5.45. The molecule has 1 aliphatic carbocycles. The van der Waals surface area contributed by atoms with Gasteiger partial charge >= 0.3 is 0 Å². The summed E-state index contributed by atoms with van der Waals surface area (Å²) in [5, 5.41) is 6.67. The Bertz CT molecular complexity index is 783. The van der Waals surface area contributed by atoms with Gasteiger partial charge in [0.1, 0.15) is 0 Å². The van der Waals surface area contributed by atoms with Crippen LogP contribution in [-0.4, -0.2) is 61.2 Å². The Morgan fingerprint density at radius 1 is 1.20 bits per heavy atom. The maximum Gasteiger partial charge on any atom is 0.237 e. The number of aliphatic imine (C=N–C) groups is 1. The van der Waals surface area contributed by atoms with Crippen LogP contribution in [0.1, 0.15) is 56.1 Å². The van der Waals surface area contributed by atoms with Crippen LogP contribution in [0.5, 0.6) is 0 Å². The smallest absolute Gasteiger partial charge is 0.237 e. The molecule has 2 N–H and O–H groups in total. The van der Waals surface area contributed by atoms with Crippen LogP contribution in [0.4, 0.5) is 0 Å². The van der Waals surface area contributed by atoms with Gasteiger partial charge in [0, 0.05) is 39.3 Å². The quantitative estimate of drug-likeness (QED) is 0.707. The lowest BCUT2D eigenvalue weighted by Gasteiger charge is -2.31. The Morgan fingerprint density at radius 3 is 2.50 bits per heavy atom. The molecule has 0 unspecified atom stereocenters. The van der Waals surface area contributed by atoms with Gasteiger partial charge in [0.2, 0.25) is 11.8 Å². The molecule has 4 atom stereocenters. The lowest BCUT2D eigenvalue weighted by atomic mass is 9.88. The Morgan fingerprint density at radius 2 is 1.93 bits per heavy atom. The number of hydrogen-bond donors (Lipinski definition) is 2. The number of nitrogens with one attached hydrogen (secondary N) is 2. The molecule has 0 radical (unpaired) electrons. The second-order valence-electron chi connectivity index (χ2n) is 9.16. The first-order valence-electron chi connectivity index (χ1n) is 11.4. The first kappa shape index (κ1) is 21.0. The molecule has 2 saturated heterocycles. The van der Waals surface area contributed by atoms with E-state index in [0.29, 0.717) is 17.9 Å². The first-order chi connectivity index (χ1) is 14.5. The number of benzene rings is 1. The number of rotatable bonds is 6. The van der Waals surface area contributed by atoms with Gasteiger partial charge in [-0.1, -0.05) is 24.3 Å². The minimum Gasteiger partial charge on any atom is -0.347 e. The van der Waals surface area contributed by atoms with E-state index in [9.17, 15) is 9.59 Å². The molecule has 2 heterocycles. The fraction of sp³-hybridized carbons (Fsp3) is 0.625. The van der Waals surface area contributed by atoms with E-state index in [4.69, 9.17) is 0 Å². The van der Waals surface area contributed by atoms with Crippen LogP contribution in [0.2, 0.25) is 0 Å². The molecule has 1 saturated carbocycles. The number of nitrogens with zero attached hydrogens (tertiary/aromatic N) is 2. The van der Waals surface area contributed by atoms with Crippen molar-refractivity contribution in [3.8, 4) is 0 Å². The van der Waals surface area contributed by atoms with Gasteiger partial charge in [0.05, 0.1) is 12.1 Å².